The number of hydrogen-bond donors (Lipinski definition) is 1. The van der Waals surface area contributed by atoms with Crippen molar-refractivity contribution in [2.75, 3.05) is 51.6 Å². The summed E-state index contributed by atoms with van der Waals surface area (Å²) in [5, 5.41) is 3.34. The molecule has 1 unspecified atom stereocenters. The van der Waals surface area contributed by atoms with Crippen molar-refractivity contribution in [2.45, 2.75) is 58.1 Å². The summed E-state index contributed by atoms with van der Waals surface area (Å²) in [6.07, 6.45) is 5.24. The zero-order valence-electron chi connectivity index (χ0n) is 17.1. The molecule has 6 nitrogen and oxygen atoms in total. The first-order chi connectivity index (χ1) is 12.2. The molecule has 26 heavy (non-hydrogen) atoms. The zero-order valence-corrected chi connectivity index (χ0v) is 17.9. The molecule has 0 aromatic rings. The first-order valence-electron chi connectivity index (χ1n) is 10.2. The molecule has 2 fully saturated rings. The van der Waals surface area contributed by atoms with Crippen molar-refractivity contribution in [1.82, 2.24) is 15.1 Å². The van der Waals surface area contributed by atoms with Gasteiger partial charge in [0.1, 0.15) is 0 Å². The van der Waals surface area contributed by atoms with Crippen LogP contribution in [0.15, 0.2) is 4.99 Å². The topological polar surface area (TPSA) is 65.0 Å². The third kappa shape index (κ3) is 6.12. The van der Waals surface area contributed by atoms with Crippen molar-refractivity contribution in [3.63, 3.8) is 0 Å². The number of nitrogens with zero attached hydrogens (tertiary/aromatic N) is 3. The molecule has 0 saturated carbocycles. The van der Waals surface area contributed by atoms with Gasteiger partial charge in [-0.05, 0) is 66.0 Å². The number of likely N-dealkylation sites (tertiary alicyclic amines) is 2. The van der Waals surface area contributed by atoms with E-state index in [9.17, 15) is 8.42 Å². The van der Waals surface area contributed by atoms with E-state index < -0.39 is 14.6 Å². The summed E-state index contributed by atoms with van der Waals surface area (Å²) in [6, 6.07) is 0. The minimum absolute atomic E-state index is 0.108. The number of piperidine rings is 1. The lowest BCUT2D eigenvalue weighted by atomic mass is 10.1. The molecule has 152 valence electrons. The molecule has 0 amide bonds. The number of aliphatic imine (C=N–C) groups is 1. The monoisotopic (exact) mass is 386 g/mol. The van der Waals surface area contributed by atoms with Gasteiger partial charge in [-0.25, -0.2) is 8.42 Å². The summed E-state index contributed by atoms with van der Waals surface area (Å²) in [4.78, 5) is 9.53. The van der Waals surface area contributed by atoms with Gasteiger partial charge in [0.15, 0.2) is 15.8 Å². The van der Waals surface area contributed by atoms with Gasteiger partial charge in [0, 0.05) is 26.2 Å². The molecular weight excluding hydrogens is 348 g/mol. The second-order valence-electron chi connectivity index (χ2n) is 8.63. The van der Waals surface area contributed by atoms with Crippen LogP contribution in [0.4, 0.5) is 0 Å². The Morgan fingerprint density at radius 1 is 1.15 bits per heavy atom. The van der Waals surface area contributed by atoms with E-state index in [0.717, 1.165) is 25.6 Å². The molecule has 1 N–H and O–H groups in total. The number of rotatable bonds is 6. The molecule has 7 heteroatoms. The van der Waals surface area contributed by atoms with E-state index in [-0.39, 0.29) is 5.75 Å². The number of hydrogen-bond acceptors (Lipinski definition) is 4. The van der Waals surface area contributed by atoms with Crippen LogP contribution in [0.5, 0.6) is 0 Å². The van der Waals surface area contributed by atoms with Crippen molar-refractivity contribution in [1.29, 1.82) is 0 Å². The van der Waals surface area contributed by atoms with Crippen LogP contribution in [0.25, 0.3) is 0 Å². The third-order valence-corrected chi connectivity index (χ3v) is 8.03. The van der Waals surface area contributed by atoms with Gasteiger partial charge in [-0.15, -0.1) is 0 Å². The maximum Gasteiger partial charge on any atom is 0.193 e. The van der Waals surface area contributed by atoms with Gasteiger partial charge in [0.05, 0.1) is 17.0 Å². The molecular formula is C19H38N4O2S. The van der Waals surface area contributed by atoms with E-state index in [1.54, 1.807) is 20.8 Å². The second kappa shape index (κ2) is 9.40. The minimum Gasteiger partial charge on any atom is -0.357 e. The molecule has 1 atom stereocenters. The fourth-order valence-corrected chi connectivity index (χ4v) is 4.63. The normalized spacial score (nSPS) is 23.5. The largest absolute Gasteiger partial charge is 0.357 e. The first-order valence-corrected chi connectivity index (χ1v) is 11.9. The summed E-state index contributed by atoms with van der Waals surface area (Å²) in [7, 11) is -3.12. The third-order valence-electron chi connectivity index (χ3n) is 5.44. The van der Waals surface area contributed by atoms with E-state index in [2.05, 4.69) is 27.0 Å². The summed E-state index contributed by atoms with van der Waals surface area (Å²) < 4.78 is 23.8. The highest BCUT2D eigenvalue weighted by molar-refractivity contribution is 7.92. The highest BCUT2D eigenvalue weighted by Gasteiger charge is 2.29. The molecule has 0 aromatic heterocycles. The Hall–Kier alpha value is -0.820. The Bertz CT molecular complexity index is 563. The smallest absolute Gasteiger partial charge is 0.193 e. The molecule has 2 rings (SSSR count). The predicted octanol–water partition coefficient (Wildman–Crippen LogP) is 1.97. The molecule has 2 aliphatic rings. The Labute approximate surface area is 160 Å². The molecule has 2 aliphatic heterocycles. The van der Waals surface area contributed by atoms with Crippen molar-refractivity contribution >= 4 is 15.8 Å². The summed E-state index contributed by atoms with van der Waals surface area (Å²) in [6.45, 7) is 14.2. The van der Waals surface area contributed by atoms with Crippen LogP contribution in [0.1, 0.15) is 53.4 Å². The molecule has 0 spiro atoms. The van der Waals surface area contributed by atoms with Gasteiger partial charge >= 0.3 is 0 Å². The average Bonchev–Trinajstić information content (AvgIpc) is 3.02. The maximum atomic E-state index is 12.3. The van der Waals surface area contributed by atoms with Gasteiger partial charge < -0.3 is 15.1 Å². The highest BCUT2D eigenvalue weighted by atomic mass is 32.2. The molecule has 0 bridgehead atoms. The Balaban J connectivity index is 1.88. The fourth-order valence-electron chi connectivity index (χ4n) is 3.68. The SMILES string of the molecule is CCNC(=NCCS(=O)(=O)C(C)(C)C)N1CCC(CN2CCCCC2)C1. The lowest BCUT2D eigenvalue weighted by Gasteiger charge is -2.29. The van der Waals surface area contributed by atoms with E-state index in [0.29, 0.717) is 12.5 Å². The number of guanidine groups is 1. The fraction of sp³-hybridized carbons (Fsp3) is 0.947. The molecule has 0 radical (unpaired) electrons. The Morgan fingerprint density at radius 2 is 1.85 bits per heavy atom. The van der Waals surface area contributed by atoms with E-state index in [1.165, 1.54) is 45.3 Å². The van der Waals surface area contributed by atoms with Crippen LogP contribution in [0, 0.1) is 5.92 Å². The molecule has 2 saturated heterocycles. The van der Waals surface area contributed by atoms with Crippen molar-refractivity contribution in [2.24, 2.45) is 10.9 Å². The average molecular weight is 387 g/mol. The van der Waals surface area contributed by atoms with Crippen LogP contribution >= 0.6 is 0 Å². The van der Waals surface area contributed by atoms with Crippen LogP contribution in [-0.2, 0) is 9.84 Å². The maximum absolute atomic E-state index is 12.3. The first kappa shape index (κ1) is 21.5. The van der Waals surface area contributed by atoms with Gasteiger partial charge in [0.25, 0.3) is 0 Å². The molecule has 0 aromatic carbocycles. The summed E-state index contributed by atoms with van der Waals surface area (Å²) in [5.41, 5.74) is 0. The second-order valence-corrected chi connectivity index (χ2v) is 11.5. The van der Waals surface area contributed by atoms with Crippen LogP contribution in [0.3, 0.4) is 0 Å². The number of nitrogens with one attached hydrogen (secondary N) is 1. The minimum atomic E-state index is -3.12. The Morgan fingerprint density at radius 3 is 2.46 bits per heavy atom. The lowest BCUT2D eigenvalue weighted by Crippen LogP contribution is -2.41. The van der Waals surface area contributed by atoms with E-state index in [4.69, 9.17) is 0 Å². The summed E-state index contributed by atoms with van der Waals surface area (Å²) in [5.74, 6) is 1.67. The Kier molecular flexibility index (Phi) is 7.76. The van der Waals surface area contributed by atoms with Crippen LogP contribution in [0.2, 0.25) is 0 Å². The van der Waals surface area contributed by atoms with Gasteiger partial charge in [-0.1, -0.05) is 6.42 Å². The summed E-state index contributed by atoms with van der Waals surface area (Å²) >= 11 is 0. The van der Waals surface area contributed by atoms with Gasteiger partial charge in [-0.3, -0.25) is 4.99 Å². The van der Waals surface area contributed by atoms with Crippen molar-refractivity contribution in [3.05, 3.63) is 0 Å². The molecule has 2 heterocycles. The highest BCUT2D eigenvalue weighted by Crippen LogP contribution is 2.20. The lowest BCUT2D eigenvalue weighted by molar-refractivity contribution is 0.198. The van der Waals surface area contributed by atoms with Crippen molar-refractivity contribution in [3.8, 4) is 0 Å². The zero-order chi connectivity index (χ0) is 19.2. The molecule has 0 aliphatic carbocycles. The van der Waals surface area contributed by atoms with Gasteiger partial charge in [-0.2, -0.15) is 0 Å². The van der Waals surface area contributed by atoms with E-state index in [1.807, 2.05) is 0 Å². The predicted molar refractivity (Wildman–Crippen MR) is 109 cm³/mol. The van der Waals surface area contributed by atoms with Crippen LogP contribution in [-0.4, -0.2) is 80.5 Å². The van der Waals surface area contributed by atoms with Crippen LogP contribution < -0.4 is 5.32 Å². The van der Waals surface area contributed by atoms with E-state index >= 15 is 0 Å². The van der Waals surface area contributed by atoms with Gasteiger partial charge in [0.2, 0.25) is 0 Å². The standard InChI is InChI=1S/C19H38N4O2S/c1-5-20-18(21-10-14-26(24,25)19(2,3)4)23-13-9-17(16-23)15-22-11-7-6-8-12-22/h17H,5-16H2,1-4H3,(H,20,21). The van der Waals surface area contributed by atoms with Crippen molar-refractivity contribution < 1.29 is 8.42 Å². The number of sulfone groups is 1. The quantitative estimate of drug-likeness (QED) is 0.558.